The first kappa shape index (κ1) is 15.3. The van der Waals surface area contributed by atoms with Gasteiger partial charge in [0.25, 0.3) is 0 Å². The summed E-state index contributed by atoms with van der Waals surface area (Å²) in [7, 11) is 0. The van der Waals surface area contributed by atoms with E-state index in [1.54, 1.807) is 4.90 Å². The van der Waals surface area contributed by atoms with Crippen molar-refractivity contribution in [3.05, 3.63) is 35.4 Å². The number of nitrogens with zero attached hydrogens (tertiary/aromatic N) is 1. The molecule has 4 nitrogen and oxygen atoms in total. The van der Waals surface area contributed by atoms with Crippen molar-refractivity contribution < 1.29 is 9.90 Å². The smallest absolute Gasteiger partial charge is 0.317 e. The predicted octanol–water partition coefficient (Wildman–Crippen LogP) is 2.30. The molecule has 22 heavy (non-hydrogen) atoms. The Morgan fingerprint density at radius 3 is 3.00 bits per heavy atom. The fourth-order valence-electron chi connectivity index (χ4n) is 4.03. The van der Waals surface area contributed by atoms with Crippen LogP contribution in [-0.4, -0.2) is 42.3 Å². The van der Waals surface area contributed by atoms with E-state index >= 15 is 0 Å². The first-order valence-corrected chi connectivity index (χ1v) is 8.43. The summed E-state index contributed by atoms with van der Waals surface area (Å²) in [5.74, 6) is 0.567. The summed E-state index contributed by atoms with van der Waals surface area (Å²) in [5, 5.41) is 12.1. The minimum Gasteiger partial charge on any atom is -0.395 e. The van der Waals surface area contributed by atoms with E-state index in [2.05, 4.69) is 29.6 Å². The van der Waals surface area contributed by atoms with Gasteiger partial charge >= 0.3 is 6.03 Å². The van der Waals surface area contributed by atoms with Gasteiger partial charge in [-0.15, -0.1) is 0 Å². The lowest BCUT2D eigenvalue weighted by Crippen LogP contribution is -2.43. The Labute approximate surface area is 132 Å². The van der Waals surface area contributed by atoms with Crippen LogP contribution in [0.5, 0.6) is 0 Å². The highest BCUT2D eigenvalue weighted by atomic mass is 16.3. The van der Waals surface area contributed by atoms with Crippen LogP contribution in [0, 0.1) is 5.92 Å². The summed E-state index contributed by atoms with van der Waals surface area (Å²) in [4.78, 5) is 13.9. The summed E-state index contributed by atoms with van der Waals surface area (Å²) in [6.07, 6.45) is 4.50. The second-order valence-electron chi connectivity index (χ2n) is 6.61. The number of carbonyl (C=O) groups is 1. The Hall–Kier alpha value is -1.55. The number of amides is 2. The quantitative estimate of drug-likeness (QED) is 0.847. The predicted molar refractivity (Wildman–Crippen MR) is 86.9 cm³/mol. The molecule has 0 radical (unpaired) electrons. The zero-order valence-electron chi connectivity index (χ0n) is 13.3. The molecule has 1 aromatic carbocycles. The molecule has 2 unspecified atom stereocenters. The maximum absolute atomic E-state index is 12.2. The van der Waals surface area contributed by atoms with Crippen molar-refractivity contribution in [2.75, 3.05) is 26.2 Å². The van der Waals surface area contributed by atoms with Gasteiger partial charge in [0.05, 0.1) is 6.61 Å². The maximum Gasteiger partial charge on any atom is 0.317 e. The lowest BCUT2D eigenvalue weighted by atomic mass is 9.95. The minimum atomic E-state index is -0.0377. The number of urea groups is 1. The third-order valence-electron chi connectivity index (χ3n) is 5.28. The Kier molecular flexibility index (Phi) is 4.39. The van der Waals surface area contributed by atoms with E-state index < -0.39 is 0 Å². The largest absolute Gasteiger partial charge is 0.395 e. The van der Waals surface area contributed by atoms with Gasteiger partial charge in [0.1, 0.15) is 0 Å². The molecular formula is C18H26N2O2. The van der Waals surface area contributed by atoms with E-state index in [9.17, 15) is 4.79 Å². The van der Waals surface area contributed by atoms with Crippen LogP contribution in [0.15, 0.2) is 24.3 Å². The molecule has 4 heteroatoms. The molecule has 3 rings (SSSR count). The third-order valence-corrected chi connectivity index (χ3v) is 5.28. The summed E-state index contributed by atoms with van der Waals surface area (Å²) in [6, 6.07) is 8.71. The number of fused-ring (bicyclic) bond motifs is 2. The average molecular weight is 302 g/mol. The van der Waals surface area contributed by atoms with Gasteiger partial charge in [-0.3, -0.25) is 0 Å². The lowest BCUT2D eigenvalue weighted by molar-refractivity contribution is 0.176. The van der Waals surface area contributed by atoms with Crippen LogP contribution in [0.3, 0.4) is 0 Å². The summed E-state index contributed by atoms with van der Waals surface area (Å²) in [6.45, 7) is 3.93. The first-order valence-electron chi connectivity index (χ1n) is 8.43. The van der Waals surface area contributed by atoms with E-state index in [4.69, 9.17) is 5.11 Å². The standard InChI is InChI=1S/C18H26N2O2/c1-2-9-20(10-11-21)17(22)19-13-15-12-18(15)8-7-14-5-3-4-6-16(14)18/h3-6,15,21H,2,7-13H2,1H3,(H,19,22). The molecule has 0 saturated heterocycles. The molecule has 1 aromatic rings. The Morgan fingerprint density at radius 1 is 1.41 bits per heavy atom. The molecule has 1 fully saturated rings. The van der Waals surface area contributed by atoms with Crippen molar-refractivity contribution in [3.63, 3.8) is 0 Å². The number of aliphatic hydroxyl groups is 1. The number of nitrogens with one attached hydrogen (secondary N) is 1. The average Bonchev–Trinajstić information content (AvgIpc) is 3.12. The van der Waals surface area contributed by atoms with Gasteiger partial charge in [-0.05, 0) is 42.7 Å². The normalized spacial score (nSPS) is 25.1. The van der Waals surface area contributed by atoms with E-state index in [0.29, 0.717) is 24.4 Å². The Balaban J connectivity index is 1.55. The minimum absolute atomic E-state index is 0.0220. The maximum atomic E-state index is 12.2. The molecule has 0 bridgehead atoms. The van der Waals surface area contributed by atoms with Crippen LogP contribution in [0.25, 0.3) is 0 Å². The van der Waals surface area contributed by atoms with Crippen molar-refractivity contribution in [1.82, 2.24) is 10.2 Å². The molecule has 1 spiro atoms. The molecule has 0 heterocycles. The molecule has 2 atom stereocenters. The van der Waals surface area contributed by atoms with Gasteiger partial charge in [-0.2, -0.15) is 0 Å². The first-order chi connectivity index (χ1) is 10.7. The molecule has 2 aliphatic carbocycles. The van der Waals surface area contributed by atoms with Gasteiger partial charge in [0.2, 0.25) is 0 Å². The summed E-state index contributed by atoms with van der Waals surface area (Å²) < 4.78 is 0. The lowest BCUT2D eigenvalue weighted by Gasteiger charge is -2.22. The van der Waals surface area contributed by atoms with Crippen LogP contribution < -0.4 is 5.32 Å². The van der Waals surface area contributed by atoms with E-state index in [1.165, 1.54) is 30.4 Å². The zero-order chi connectivity index (χ0) is 15.6. The van der Waals surface area contributed by atoms with Gasteiger partial charge in [0, 0.05) is 25.0 Å². The molecule has 2 aliphatic rings. The van der Waals surface area contributed by atoms with Crippen molar-refractivity contribution in [1.29, 1.82) is 0 Å². The number of hydrogen-bond donors (Lipinski definition) is 2. The van der Waals surface area contributed by atoms with Gasteiger partial charge < -0.3 is 15.3 Å². The topological polar surface area (TPSA) is 52.6 Å². The van der Waals surface area contributed by atoms with Crippen LogP contribution >= 0.6 is 0 Å². The number of hydrogen-bond acceptors (Lipinski definition) is 2. The SMILES string of the molecule is CCCN(CCO)C(=O)NCC1CC12CCc1ccccc12. The number of aliphatic hydroxyl groups excluding tert-OH is 1. The van der Waals surface area contributed by atoms with E-state index in [1.807, 2.05) is 6.92 Å². The molecular weight excluding hydrogens is 276 g/mol. The van der Waals surface area contributed by atoms with Gasteiger partial charge in [-0.25, -0.2) is 4.79 Å². The second kappa shape index (κ2) is 6.29. The highest BCUT2D eigenvalue weighted by Gasteiger charge is 2.57. The third kappa shape index (κ3) is 2.72. The van der Waals surface area contributed by atoms with Crippen molar-refractivity contribution in [2.24, 2.45) is 5.92 Å². The number of rotatable bonds is 6. The molecule has 1 saturated carbocycles. The van der Waals surface area contributed by atoms with Crippen molar-refractivity contribution in [2.45, 2.75) is 38.0 Å². The van der Waals surface area contributed by atoms with Crippen LogP contribution in [-0.2, 0) is 11.8 Å². The molecule has 120 valence electrons. The Morgan fingerprint density at radius 2 is 2.23 bits per heavy atom. The number of aryl methyl sites for hydroxylation is 1. The van der Waals surface area contributed by atoms with Crippen LogP contribution in [0.4, 0.5) is 4.79 Å². The summed E-state index contributed by atoms with van der Waals surface area (Å²) >= 11 is 0. The highest BCUT2D eigenvalue weighted by molar-refractivity contribution is 5.74. The van der Waals surface area contributed by atoms with E-state index in [0.717, 1.165) is 13.0 Å². The van der Waals surface area contributed by atoms with Gasteiger partial charge in [-0.1, -0.05) is 31.2 Å². The highest BCUT2D eigenvalue weighted by Crippen LogP contribution is 2.61. The fourth-order valence-corrected chi connectivity index (χ4v) is 4.03. The molecule has 0 aliphatic heterocycles. The molecule has 2 amide bonds. The van der Waals surface area contributed by atoms with Gasteiger partial charge in [0.15, 0.2) is 0 Å². The number of carbonyl (C=O) groups excluding carboxylic acids is 1. The molecule has 2 N–H and O–H groups in total. The van der Waals surface area contributed by atoms with E-state index in [-0.39, 0.29) is 12.6 Å². The van der Waals surface area contributed by atoms with Crippen LogP contribution in [0.2, 0.25) is 0 Å². The molecule has 0 aromatic heterocycles. The monoisotopic (exact) mass is 302 g/mol. The number of benzene rings is 1. The summed E-state index contributed by atoms with van der Waals surface area (Å²) in [5.41, 5.74) is 3.33. The van der Waals surface area contributed by atoms with Crippen molar-refractivity contribution in [3.8, 4) is 0 Å². The Bertz CT molecular complexity index is 540. The van der Waals surface area contributed by atoms with Crippen molar-refractivity contribution >= 4 is 6.03 Å². The zero-order valence-corrected chi connectivity index (χ0v) is 13.3. The fraction of sp³-hybridized carbons (Fsp3) is 0.611. The van der Waals surface area contributed by atoms with Crippen LogP contribution in [0.1, 0.15) is 37.3 Å². The second-order valence-corrected chi connectivity index (χ2v) is 6.61.